The Labute approximate surface area is 43.1 Å². The molecular formula is C4H9N2O. The van der Waals surface area contributed by atoms with E-state index < -0.39 is 0 Å². The molecule has 3 nitrogen and oxygen atoms in total. The molecule has 0 aliphatic carbocycles. The molecule has 0 fully saturated rings. The second kappa shape index (κ2) is 3.61. The quantitative estimate of drug-likeness (QED) is 0.474. The monoisotopic (exact) mass is 101 g/mol. The van der Waals surface area contributed by atoms with Crippen LogP contribution in [0.5, 0.6) is 0 Å². The van der Waals surface area contributed by atoms with Crippen molar-refractivity contribution in [3.8, 4) is 0 Å². The van der Waals surface area contributed by atoms with Gasteiger partial charge in [-0.2, -0.15) is 0 Å². The van der Waals surface area contributed by atoms with Gasteiger partial charge in [0.2, 0.25) is 5.91 Å². The van der Waals surface area contributed by atoms with Crippen LogP contribution < -0.4 is 10.6 Å². The SMILES string of the molecule is [CH2]NCC(=O)NC. The maximum absolute atomic E-state index is 10.2. The van der Waals surface area contributed by atoms with Crippen LogP contribution >= 0.6 is 0 Å². The van der Waals surface area contributed by atoms with Gasteiger partial charge in [-0.05, 0) is 0 Å². The normalized spacial score (nSPS) is 8.29. The fourth-order valence-corrected chi connectivity index (χ4v) is 0.202. The van der Waals surface area contributed by atoms with E-state index in [2.05, 4.69) is 17.7 Å². The number of nitrogens with one attached hydrogen (secondary N) is 2. The van der Waals surface area contributed by atoms with Crippen LogP contribution in [0.3, 0.4) is 0 Å². The molecule has 0 spiro atoms. The van der Waals surface area contributed by atoms with Crippen LogP contribution in [0.2, 0.25) is 0 Å². The third-order valence-corrected chi connectivity index (χ3v) is 0.564. The van der Waals surface area contributed by atoms with Crippen LogP contribution in [0.15, 0.2) is 0 Å². The van der Waals surface area contributed by atoms with Crippen LogP contribution in [0, 0.1) is 7.05 Å². The Morgan fingerprint density at radius 2 is 2.43 bits per heavy atom. The first-order valence-corrected chi connectivity index (χ1v) is 2.01. The molecule has 0 aromatic rings. The molecule has 0 saturated carbocycles. The Kier molecular flexibility index (Phi) is 3.32. The topological polar surface area (TPSA) is 41.1 Å². The Morgan fingerprint density at radius 1 is 1.86 bits per heavy atom. The van der Waals surface area contributed by atoms with Gasteiger partial charge in [-0.1, -0.05) is 0 Å². The van der Waals surface area contributed by atoms with Crippen molar-refractivity contribution in [1.82, 2.24) is 10.6 Å². The molecule has 0 saturated heterocycles. The van der Waals surface area contributed by atoms with E-state index >= 15 is 0 Å². The average Bonchev–Trinajstić information content (AvgIpc) is 1.68. The molecule has 1 amide bonds. The molecule has 0 aliphatic rings. The predicted octanol–water partition coefficient (Wildman–Crippen LogP) is -0.886. The van der Waals surface area contributed by atoms with Crippen LogP contribution in [-0.2, 0) is 4.79 Å². The second-order valence-corrected chi connectivity index (χ2v) is 1.10. The Morgan fingerprint density at radius 3 is 2.57 bits per heavy atom. The highest BCUT2D eigenvalue weighted by molar-refractivity contribution is 5.77. The smallest absolute Gasteiger partial charge is 0.233 e. The highest BCUT2D eigenvalue weighted by Crippen LogP contribution is 1.54. The summed E-state index contributed by atoms with van der Waals surface area (Å²) >= 11 is 0. The lowest BCUT2D eigenvalue weighted by atomic mass is 10.6. The van der Waals surface area contributed by atoms with Crippen LogP contribution in [-0.4, -0.2) is 19.5 Å². The maximum Gasteiger partial charge on any atom is 0.233 e. The van der Waals surface area contributed by atoms with Crippen molar-refractivity contribution in [3.63, 3.8) is 0 Å². The van der Waals surface area contributed by atoms with Gasteiger partial charge in [-0.3, -0.25) is 4.79 Å². The summed E-state index contributed by atoms with van der Waals surface area (Å²) < 4.78 is 0. The fraction of sp³-hybridized carbons (Fsp3) is 0.500. The van der Waals surface area contributed by atoms with Gasteiger partial charge in [0.1, 0.15) is 0 Å². The molecule has 1 radical (unpaired) electrons. The van der Waals surface area contributed by atoms with E-state index in [-0.39, 0.29) is 12.5 Å². The number of likely N-dealkylation sites (N-methyl/N-ethyl adjacent to an activating group) is 1. The van der Waals surface area contributed by atoms with E-state index in [9.17, 15) is 4.79 Å². The molecule has 0 bridgehead atoms. The van der Waals surface area contributed by atoms with Crippen molar-refractivity contribution in [2.24, 2.45) is 0 Å². The number of hydrogen-bond acceptors (Lipinski definition) is 2. The minimum Gasteiger partial charge on any atom is -0.358 e. The summed E-state index contributed by atoms with van der Waals surface area (Å²) in [6.07, 6.45) is 0. The molecule has 41 valence electrons. The van der Waals surface area contributed by atoms with Crippen molar-refractivity contribution >= 4 is 5.91 Å². The molecule has 7 heavy (non-hydrogen) atoms. The van der Waals surface area contributed by atoms with Gasteiger partial charge >= 0.3 is 0 Å². The first-order valence-electron chi connectivity index (χ1n) is 2.01. The van der Waals surface area contributed by atoms with Gasteiger partial charge in [0.25, 0.3) is 0 Å². The number of amides is 1. The lowest BCUT2D eigenvalue weighted by molar-refractivity contribution is -0.119. The Hall–Kier alpha value is -0.570. The van der Waals surface area contributed by atoms with Crippen LogP contribution in [0.1, 0.15) is 0 Å². The third kappa shape index (κ3) is 3.26. The molecule has 0 aliphatic heterocycles. The van der Waals surface area contributed by atoms with Crippen molar-refractivity contribution in [2.45, 2.75) is 0 Å². The van der Waals surface area contributed by atoms with Crippen LogP contribution in [0.25, 0.3) is 0 Å². The lowest BCUT2D eigenvalue weighted by Crippen LogP contribution is -2.27. The first kappa shape index (κ1) is 6.43. The standard InChI is InChI=1S/C4H9N2O/c1-5-3-4(7)6-2/h5H,1,3H2,2H3,(H,6,7). The number of carbonyl (C=O) groups is 1. The molecule has 0 heterocycles. The molecule has 0 aromatic heterocycles. The highest BCUT2D eigenvalue weighted by atomic mass is 16.1. The Balaban J connectivity index is 3.00. The van der Waals surface area contributed by atoms with E-state index in [4.69, 9.17) is 0 Å². The van der Waals surface area contributed by atoms with E-state index in [1.807, 2.05) is 0 Å². The van der Waals surface area contributed by atoms with Gasteiger partial charge in [0.05, 0.1) is 6.54 Å². The molecule has 3 heteroatoms. The van der Waals surface area contributed by atoms with Gasteiger partial charge in [-0.25, -0.2) is 0 Å². The van der Waals surface area contributed by atoms with E-state index in [0.29, 0.717) is 0 Å². The highest BCUT2D eigenvalue weighted by Gasteiger charge is 1.88. The predicted molar refractivity (Wildman–Crippen MR) is 27.4 cm³/mol. The molecular weight excluding hydrogens is 92.1 g/mol. The average molecular weight is 101 g/mol. The first-order chi connectivity index (χ1) is 3.31. The largest absolute Gasteiger partial charge is 0.358 e. The zero-order valence-corrected chi connectivity index (χ0v) is 4.32. The van der Waals surface area contributed by atoms with Crippen LogP contribution in [0.4, 0.5) is 0 Å². The maximum atomic E-state index is 10.2. The zero-order chi connectivity index (χ0) is 5.70. The van der Waals surface area contributed by atoms with E-state index in [1.54, 1.807) is 7.05 Å². The number of carbonyl (C=O) groups excluding carboxylic acids is 1. The molecule has 0 unspecified atom stereocenters. The molecule has 0 atom stereocenters. The van der Waals surface area contributed by atoms with Gasteiger partial charge in [-0.15, -0.1) is 0 Å². The summed E-state index contributed by atoms with van der Waals surface area (Å²) in [5.41, 5.74) is 0. The van der Waals surface area contributed by atoms with Crippen molar-refractivity contribution in [3.05, 3.63) is 7.05 Å². The zero-order valence-electron chi connectivity index (χ0n) is 4.32. The molecule has 0 rings (SSSR count). The molecule has 2 N–H and O–H groups in total. The van der Waals surface area contributed by atoms with Gasteiger partial charge in [0.15, 0.2) is 0 Å². The Bertz CT molecular complexity index is 62.7. The molecule has 0 aromatic carbocycles. The summed E-state index contributed by atoms with van der Waals surface area (Å²) in [7, 11) is 4.85. The minimum absolute atomic E-state index is 0.0463. The van der Waals surface area contributed by atoms with Gasteiger partial charge < -0.3 is 10.6 Å². The second-order valence-electron chi connectivity index (χ2n) is 1.10. The van der Waals surface area contributed by atoms with Crippen molar-refractivity contribution in [2.75, 3.05) is 13.6 Å². The lowest BCUT2D eigenvalue weighted by Gasteiger charge is -1.93. The number of hydrogen-bond donors (Lipinski definition) is 2. The summed E-state index contributed by atoms with van der Waals surface area (Å²) in [6.45, 7) is 0.288. The van der Waals surface area contributed by atoms with Crippen molar-refractivity contribution in [1.29, 1.82) is 0 Å². The van der Waals surface area contributed by atoms with E-state index in [0.717, 1.165) is 0 Å². The fourth-order valence-electron chi connectivity index (χ4n) is 0.202. The third-order valence-electron chi connectivity index (χ3n) is 0.564. The minimum atomic E-state index is -0.0463. The number of rotatable bonds is 2. The summed E-state index contributed by atoms with van der Waals surface area (Å²) in [4.78, 5) is 10.2. The summed E-state index contributed by atoms with van der Waals surface area (Å²) in [5.74, 6) is -0.0463. The van der Waals surface area contributed by atoms with E-state index in [1.165, 1.54) is 0 Å². The van der Waals surface area contributed by atoms with Gasteiger partial charge in [0, 0.05) is 14.1 Å². The summed E-state index contributed by atoms with van der Waals surface area (Å²) in [6, 6.07) is 0. The summed E-state index contributed by atoms with van der Waals surface area (Å²) in [5, 5.41) is 4.88. The van der Waals surface area contributed by atoms with Crippen molar-refractivity contribution < 1.29 is 4.79 Å².